The number of nitrogens with one attached hydrogen (secondary N) is 7. The number of rotatable bonds is 26. The van der Waals surface area contributed by atoms with Gasteiger partial charge in [-0.15, -0.1) is 0 Å². The Morgan fingerprint density at radius 2 is 1.33 bits per heavy atom. The third-order valence-corrected chi connectivity index (χ3v) is 10.8. The summed E-state index contributed by atoms with van der Waals surface area (Å²) in [6.07, 6.45) is 5.13. The van der Waals surface area contributed by atoms with Gasteiger partial charge in [0.1, 0.15) is 29.9 Å². The summed E-state index contributed by atoms with van der Waals surface area (Å²) < 4.78 is 0. The molecule has 63 heavy (non-hydrogen) atoms. The number of hydrogen-bond donors (Lipinski definition) is 10. The molecular formula is C45H58N8O9S. The first-order chi connectivity index (χ1) is 30.3. The first-order valence-electron chi connectivity index (χ1n) is 20.9. The van der Waals surface area contributed by atoms with Crippen LogP contribution in [-0.2, 0) is 52.8 Å². The number of nitrogens with two attached hydrogens (primary N) is 1. The molecule has 0 aliphatic rings. The maximum Gasteiger partial charge on any atom is 0.305 e. The molecule has 4 rings (SSSR count). The SMILES string of the molecule is CCCC[C@H](NC(=O)[C@@H](N)Cc1ccc(O)cc1)C(=O)NCC(=O)N[C@H](Cc1c[nH]c2ccccc12)C(=O)N[C@@H](CCSC)C(=O)N[C@@H](CC(=O)O)C(=O)NCCc1ccccc1. The van der Waals surface area contributed by atoms with Crippen LogP contribution in [0.5, 0.6) is 5.75 Å². The van der Waals surface area contributed by atoms with Gasteiger partial charge in [-0.3, -0.25) is 33.6 Å². The van der Waals surface area contributed by atoms with Crippen molar-refractivity contribution in [3.63, 3.8) is 0 Å². The molecule has 18 heteroatoms. The zero-order valence-corrected chi connectivity index (χ0v) is 36.3. The number of phenols is 1. The minimum Gasteiger partial charge on any atom is -0.508 e. The van der Waals surface area contributed by atoms with Crippen LogP contribution in [0.1, 0.15) is 55.7 Å². The molecule has 0 unspecified atom stereocenters. The van der Waals surface area contributed by atoms with Gasteiger partial charge in [-0.05, 0) is 72.6 Å². The average molecular weight is 887 g/mol. The molecule has 338 valence electrons. The lowest BCUT2D eigenvalue weighted by molar-refractivity contribution is -0.141. The van der Waals surface area contributed by atoms with Gasteiger partial charge in [0.25, 0.3) is 0 Å². The highest BCUT2D eigenvalue weighted by Gasteiger charge is 2.32. The Labute approximate surface area is 370 Å². The summed E-state index contributed by atoms with van der Waals surface area (Å²) in [7, 11) is 0. The molecule has 4 aromatic rings. The molecule has 5 atom stereocenters. The molecule has 0 saturated carbocycles. The molecule has 0 saturated heterocycles. The Morgan fingerprint density at radius 1 is 0.698 bits per heavy atom. The van der Waals surface area contributed by atoms with Crippen LogP contribution in [0.3, 0.4) is 0 Å². The number of hydrogen-bond acceptors (Lipinski definition) is 10. The van der Waals surface area contributed by atoms with Crippen LogP contribution in [0.25, 0.3) is 10.9 Å². The predicted octanol–water partition coefficient (Wildman–Crippen LogP) is 1.82. The van der Waals surface area contributed by atoms with E-state index in [1.807, 2.05) is 67.8 Å². The van der Waals surface area contributed by atoms with Crippen LogP contribution in [0, 0.1) is 0 Å². The van der Waals surface area contributed by atoms with Crippen LogP contribution < -0.4 is 37.6 Å². The minimum atomic E-state index is -1.44. The molecular weight excluding hydrogens is 829 g/mol. The van der Waals surface area contributed by atoms with Crippen LogP contribution in [0.15, 0.2) is 85.1 Å². The van der Waals surface area contributed by atoms with Crippen molar-refractivity contribution in [1.82, 2.24) is 36.9 Å². The molecule has 0 radical (unpaired) electrons. The van der Waals surface area contributed by atoms with E-state index in [-0.39, 0.29) is 38.0 Å². The summed E-state index contributed by atoms with van der Waals surface area (Å²) in [5.41, 5.74) is 9.29. The number of aromatic nitrogens is 1. The van der Waals surface area contributed by atoms with Gasteiger partial charge in [0.2, 0.25) is 35.4 Å². The van der Waals surface area contributed by atoms with Crippen molar-refractivity contribution in [2.45, 2.75) is 88.5 Å². The standard InChI is InChI=1S/C45H58N8O9S/c1-3-4-13-35(51-41(58)33(46)23-29-15-17-31(54)18-16-29)42(59)49-27-39(55)50-37(24-30-26-48-34-14-9-8-12-32(30)34)45(62)52-36(20-22-63-2)44(61)53-38(25-40(56)57)43(60)47-21-19-28-10-6-5-7-11-28/h5-12,14-18,26,33,35-38,48,54H,3-4,13,19-25,27,46H2,1-2H3,(H,47,60)(H,49,59)(H,50,55)(H,51,58)(H,52,62)(H,53,61)(H,56,57)/t33-,35-,36-,37+,38-/m0/s1. The van der Waals surface area contributed by atoms with Gasteiger partial charge in [0, 0.05) is 30.1 Å². The number of para-hydroxylation sites is 1. The largest absolute Gasteiger partial charge is 0.508 e. The van der Waals surface area contributed by atoms with Gasteiger partial charge in [-0.25, -0.2) is 0 Å². The van der Waals surface area contributed by atoms with Crippen LogP contribution in [0.4, 0.5) is 0 Å². The number of thioether (sulfide) groups is 1. The topological polar surface area (TPSA) is 274 Å². The van der Waals surface area contributed by atoms with E-state index in [9.17, 15) is 43.8 Å². The smallest absolute Gasteiger partial charge is 0.305 e. The molecule has 11 N–H and O–H groups in total. The summed E-state index contributed by atoms with van der Waals surface area (Å²) in [5, 5.41) is 35.8. The highest BCUT2D eigenvalue weighted by Crippen LogP contribution is 2.20. The van der Waals surface area contributed by atoms with Crippen LogP contribution >= 0.6 is 11.8 Å². The number of aliphatic carboxylic acids is 1. The second-order valence-corrected chi connectivity index (χ2v) is 16.1. The lowest BCUT2D eigenvalue weighted by Crippen LogP contribution is -2.58. The van der Waals surface area contributed by atoms with E-state index >= 15 is 0 Å². The number of aromatic amines is 1. The highest BCUT2D eigenvalue weighted by molar-refractivity contribution is 7.98. The monoisotopic (exact) mass is 886 g/mol. The average Bonchev–Trinajstić information content (AvgIpc) is 3.68. The van der Waals surface area contributed by atoms with Crippen molar-refractivity contribution in [2.75, 3.05) is 25.1 Å². The van der Waals surface area contributed by atoms with Gasteiger partial charge in [-0.2, -0.15) is 11.8 Å². The Balaban J connectivity index is 1.45. The fraction of sp³-hybridized carbons (Fsp3) is 0.400. The molecule has 0 spiro atoms. The van der Waals surface area contributed by atoms with E-state index in [1.165, 1.54) is 23.9 Å². The minimum absolute atomic E-state index is 0.0219. The second-order valence-electron chi connectivity index (χ2n) is 15.1. The first kappa shape index (κ1) is 49.3. The third kappa shape index (κ3) is 16.4. The van der Waals surface area contributed by atoms with Crippen molar-refractivity contribution in [2.24, 2.45) is 5.73 Å². The fourth-order valence-electron chi connectivity index (χ4n) is 6.73. The molecule has 17 nitrogen and oxygen atoms in total. The van der Waals surface area contributed by atoms with Gasteiger partial charge >= 0.3 is 5.97 Å². The number of phenolic OH excluding ortho intramolecular Hbond substituents is 1. The molecule has 1 aromatic heterocycles. The van der Waals surface area contributed by atoms with E-state index in [0.717, 1.165) is 22.9 Å². The second kappa shape index (κ2) is 25.5. The molecule has 0 aliphatic heterocycles. The Bertz CT molecular complexity index is 2150. The lowest BCUT2D eigenvalue weighted by Gasteiger charge is -2.25. The number of amides is 6. The summed E-state index contributed by atoms with van der Waals surface area (Å²) >= 11 is 1.41. The quantitative estimate of drug-likeness (QED) is 0.0435. The molecule has 3 aromatic carbocycles. The number of aromatic hydroxyl groups is 1. The highest BCUT2D eigenvalue weighted by atomic mass is 32.2. The molecule has 0 aliphatic carbocycles. The van der Waals surface area contributed by atoms with Crippen molar-refractivity contribution in [3.05, 3.63) is 102 Å². The normalized spacial score (nSPS) is 13.4. The van der Waals surface area contributed by atoms with E-state index in [1.54, 1.807) is 18.3 Å². The Kier molecular flexibility index (Phi) is 19.9. The van der Waals surface area contributed by atoms with Crippen LogP contribution in [-0.4, -0.2) is 112 Å². The van der Waals surface area contributed by atoms with Crippen molar-refractivity contribution >= 4 is 64.1 Å². The molecule has 0 bridgehead atoms. The van der Waals surface area contributed by atoms with Crippen molar-refractivity contribution in [3.8, 4) is 5.75 Å². The number of benzene rings is 3. The van der Waals surface area contributed by atoms with E-state index in [4.69, 9.17) is 5.73 Å². The van der Waals surface area contributed by atoms with Crippen molar-refractivity contribution < 1.29 is 43.8 Å². The summed E-state index contributed by atoms with van der Waals surface area (Å²) in [5.74, 6) is -4.98. The Hall–Kier alpha value is -6.40. The maximum absolute atomic E-state index is 14.1. The third-order valence-electron chi connectivity index (χ3n) is 10.2. The summed E-state index contributed by atoms with van der Waals surface area (Å²) in [4.78, 5) is 95.9. The predicted molar refractivity (Wildman–Crippen MR) is 240 cm³/mol. The van der Waals surface area contributed by atoms with Gasteiger partial charge in [-0.1, -0.05) is 80.4 Å². The summed E-state index contributed by atoms with van der Waals surface area (Å²) in [6.45, 7) is 1.57. The van der Waals surface area contributed by atoms with Crippen LogP contribution in [0.2, 0.25) is 0 Å². The number of unbranched alkanes of at least 4 members (excludes halogenated alkanes) is 1. The number of fused-ring (bicyclic) bond motifs is 1. The summed E-state index contributed by atoms with van der Waals surface area (Å²) in [6, 6.07) is 17.0. The number of H-pyrrole nitrogens is 1. The molecule has 6 amide bonds. The van der Waals surface area contributed by atoms with Gasteiger partial charge in [0.15, 0.2) is 0 Å². The lowest BCUT2D eigenvalue weighted by atomic mass is 10.0. The Morgan fingerprint density at radius 3 is 2.03 bits per heavy atom. The maximum atomic E-state index is 14.1. The number of carboxylic acid groups (broad SMARTS) is 1. The van der Waals surface area contributed by atoms with E-state index < -0.39 is 84.6 Å². The molecule has 0 fully saturated rings. The first-order valence-corrected chi connectivity index (χ1v) is 22.3. The number of carboxylic acids is 1. The zero-order valence-electron chi connectivity index (χ0n) is 35.5. The van der Waals surface area contributed by atoms with Gasteiger partial charge < -0.3 is 52.8 Å². The van der Waals surface area contributed by atoms with Crippen molar-refractivity contribution in [1.29, 1.82) is 0 Å². The molecule has 1 heterocycles. The van der Waals surface area contributed by atoms with Gasteiger partial charge in [0.05, 0.1) is 19.0 Å². The van der Waals surface area contributed by atoms with E-state index in [0.29, 0.717) is 29.7 Å². The number of carbonyl (C=O) groups excluding carboxylic acids is 6. The fourth-order valence-corrected chi connectivity index (χ4v) is 7.20. The zero-order chi connectivity index (χ0) is 45.7. The number of carbonyl (C=O) groups is 7. The van der Waals surface area contributed by atoms with E-state index in [2.05, 4.69) is 36.9 Å².